The van der Waals surface area contributed by atoms with E-state index in [4.69, 9.17) is 14.5 Å². The van der Waals surface area contributed by atoms with Crippen molar-refractivity contribution in [1.82, 2.24) is 14.5 Å². The Morgan fingerprint density at radius 2 is 1.90 bits per heavy atom. The third kappa shape index (κ3) is 3.56. The molecule has 3 heterocycles. The maximum Gasteiger partial charge on any atom is 0.164 e. The molecule has 5 rings (SSSR count). The van der Waals surface area contributed by atoms with E-state index in [1.54, 1.807) is 26.9 Å². The van der Waals surface area contributed by atoms with E-state index in [2.05, 4.69) is 25.9 Å². The Bertz CT molecular complexity index is 1210. The van der Waals surface area contributed by atoms with Crippen LogP contribution in [-0.2, 0) is 13.1 Å². The molecule has 0 N–H and O–H groups in total. The summed E-state index contributed by atoms with van der Waals surface area (Å²) in [6, 6.07) is 16.0. The number of hydrogen-bond acceptors (Lipinski definition) is 7. The average Bonchev–Trinajstić information content (AvgIpc) is 3.33. The fraction of sp³-hybridized carbons (Fsp3) is 0.217. The lowest BCUT2D eigenvalue weighted by molar-refractivity contribution is 0.408. The standard InChI is InChI=1S/C23H22N6O2/c1-30-18-8-5-6-16(10-18)11-28-14-26-20-21-23(25-13-24-22(20)28)29(15-27-21)12-17-7-3-4-9-19(17)31-2/h3-10,13,15H,11-12,14H2,1-2H3. The van der Waals surface area contributed by atoms with Gasteiger partial charge in [0.05, 0.1) is 27.1 Å². The fourth-order valence-corrected chi connectivity index (χ4v) is 3.83. The van der Waals surface area contributed by atoms with Gasteiger partial charge >= 0.3 is 0 Å². The molecule has 0 radical (unpaired) electrons. The van der Waals surface area contributed by atoms with Crippen LogP contribution in [-0.4, -0.2) is 53.2 Å². The molecule has 2 aliphatic rings. The highest BCUT2D eigenvalue weighted by atomic mass is 16.5. The van der Waals surface area contributed by atoms with Gasteiger partial charge in [0.25, 0.3) is 0 Å². The third-order valence-corrected chi connectivity index (χ3v) is 5.35. The number of imidazole rings is 1. The van der Waals surface area contributed by atoms with E-state index in [0.717, 1.165) is 45.7 Å². The Morgan fingerprint density at radius 1 is 1.00 bits per heavy atom. The van der Waals surface area contributed by atoms with Crippen molar-refractivity contribution in [3.05, 3.63) is 71.7 Å². The van der Waals surface area contributed by atoms with E-state index in [9.17, 15) is 0 Å². The minimum absolute atomic E-state index is 0.526. The van der Waals surface area contributed by atoms with E-state index in [1.165, 1.54) is 0 Å². The maximum atomic E-state index is 5.49. The van der Waals surface area contributed by atoms with Crippen molar-refractivity contribution in [3.63, 3.8) is 0 Å². The molecule has 3 aromatic rings. The molecule has 8 nitrogen and oxygen atoms in total. The van der Waals surface area contributed by atoms with Crippen LogP contribution in [0.2, 0.25) is 0 Å². The molecule has 0 fully saturated rings. The molecule has 31 heavy (non-hydrogen) atoms. The number of para-hydroxylation sites is 1. The topological polar surface area (TPSA) is 76.6 Å². The minimum atomic E-state index is 0.526. The van der Waals surface area contributed by atoms with Crippen LogP contribution >= 0.6 is 0 Å². The minimum Gasteiger partial charge on any atom is -0.497 e. The smallest absolute Gasteiger partial charge is 0.164 e. The summed E-state index contributed by atoms with van der Waals surface area (Å²) in [5.41, 5.74) is 3.70. The van der Waals surface area contributed by atoms with Crippen molar-refractivity contribution in [3.8, 4) is 11.5 Å². The molecule has 2 aliphatic heterocycles. The van der Waals surface area contributed by atoms with Gasteiger partial charge < -0.3 is 18.9 Å². The molecule has 8 heteroatoms. The van der Waals surface area contributed by atoms with Gasteiger partial charge in [-0.1, -0.05) is 30.3 Å². The molecule has 1 aromatic heterocycles. The number of aromatic nitrogens is 2. The SMILES string of the molecule is COc1cccc(CN2CN=C3C2=NC=Nc2c3ncn2Cc2ccccc2OC)c1. The van der Waals surface area contributed by atoms with Gasteiger partial charge in [-0.15, -0.1) is 0 Å². The van der Waals surface area contributed by atoms with Gasteiger partial charge in [-0.2, -0.15) is 0 Å². The molecule has 0 aliphatic carbocycles. The molecule has 156 valence electrons. The van der Waals surface area contributed by atoms with Crippen molar-refractivity contribution in [2.75, 3.05) is 20.9 Å². The summed E-state index contributed by atoms with van der Waals surface area (Å²) in [6.07, 6.45) is 3.38. The van der Waals surface area contributed by atoms with Crippen LogP contribution in [0.25, 0.3) is 0 Å². The molecule has 0 amide bonds. The second kappa shape index (κ2) is 8.06. The van der Waals surface area contributed by atoms with Gasteiger partial charge in [0.15, 0.2) is 11.7 Å². The predicted octanol–water partition coefficient (Wildman–Crippen LogP) is 3.28. The summed E-state index contributed by atoms with van der Waals surface area (Å²) in [5, 5.41) is 0. The van der Waals surface area contributed by atoms with Gasteiger partial charge in [0.1, 0.15) is 35.9 Å². The first-order valence-corrected chi connectivity index (χ1v) is 9.97. The summed E-state index contributed by atoms with van der Waals surface area (Å²) >= 11 is 0. The molecular formula is C23H22N6O2. The lowest BCUT2D eigenvalue weighted by Gasteiger charge is -2.18. The fourth-order valence-electron chi connectivity index (χ4n) is 3.83. The highest BCUT2D eigenvalue weighted by molar-refractivity contribution is 6.50. The molecular weight excluding hydrogens is 392 g/mol. The number of rotatable bonds is 6. The monoisotopic (exact) mass is 414 g/mol. The van der Waals surface area contributed by atoms with Crippen LogP contribution in [0, 0.1) is 0 Å². The van der Waals surface area contributed by atoms with Crippen LogP contribution in [0.15, 0.2) is 69.8 Å². The molecule has 0 bridgehead atoms. The third-order valence-electron chi connectivity index (χ3n) is 5.35. The Balaban J connectivity index is 1.40. The molecule has 0 atom stereocenters. The number of nitrogens with zero attached hydrogens (tertiary/aromatic N) is 6. The van der Waals surface area contributed by atoms with Gasteiger partial charge in [0, 0.05) is 12.1 Å². The van der Waals surface area contributed by atoms with Gasteiger partial charge in [-0.3, -0.25) is 4.99 Å². The van der Waals surface area contributed by atoms with E-state index in [-0.39, 0.29) is 0 Å². The van der Waals surface area contributed by atoms with E-state index < -0.39 is 0 Å². The molecule has 0 unspecified atom stereocenters. The van der Waals surface area contributed by atoms with Gasteiger partial charge in [-0.25, -0.2) is 15.0 Å². The van der Waals surface area contributed by atoms with Gasteiger partial charge in [-0.05, 0) is 23.8 Å². The highest BCUT2D eigenvalue weighted by Gasteiger charge is 2.30. The Kier molecular flexibility index (Phi) is 4.95. The van der Waals surface area contributed by atoms with Crippen molar-refractivity contribution in [1.29, 1.82) is 0 Å². The van der Waals surface area contributed by atoms with Crippen molar-refractivity contribution < 1.29 is 9.47 Å². The summed E-state index contributed by atoms with van der Waals surface area (Å²) in [6.45, 7) is 1.80. The van der Waals surface area contributed by atoms with Crippen LogP contribution in [0.3, 0.4) is 0 Å². The zero-order valence-corrected chi connectivity index (χ0v) is 17.4. The Labute approximate surface area is 180 Å². The summed E-state index contributed by atoms with van der Waals surface area (Å²) < 4.78 is 12.8. The first-order valence-electron chi connectivity index (χ1n) is 9.97. The first-order chi connectivity index (χ1) is 15.3. The summed E-state index contributed by atoms with van der Waals surface area (Å²) in [4.78, 5) is 20.6. The molecule has 0 saturated heterocycles. The van der Waals surface area contributed by atoms with Crippen molar-refractivity contribution >= 4 is 23.7 Å². The van der Waals surface area contributed by atoms with Crippen LogP contribution in [0.5, 0.6) is 11.5 Å². The number of amidine groups is 1. The Morgan fingerprint density at radius 3 is 2.77 bits per heavy atom. The summed E-state index contributed by atoms with van der Waals surface area (Å²) in [5.74, 6) is 3.20. The molecule has 0 saturated carbocycles. The van der Waals surface area contributed by atoms with E-state index in [0.29, 0.717) is 19.8 Å². The van der Waals surface area contributed by atoms with Crippen LogP contribution < -0.4 is 9.47 Å². The lowest BCUT2D eigenvalue weighted by atomic mass is 10.2. The number of ether oxygens (including phenoxy) is 2. The van der Waals surface area contributed by atoms with Crippen molar-refractivity contribution in [2.24, 2.45) is 15.0 Å². The number of benzene rings is 2. The zero-order chi connectivity index (χ0) is 21.2. The van der Waals surface area contributed by atoms with Gasteiger partial charge in [0.2, 0.25) is 0 Å². The number of aliphatic imine (C=N–C) groups is 3. The van der Waals surface area contributed by atoms with E-state index >= 15 is 0 Å². The maximum absolute atomic E-state index is 5.49. The number of fused-ring (bicyclic) bond motifs is 3. The number of hydrogen-bond donors (Lipinski definition) is 0. The quantitative estimate of drug-likeness (QED) is 0.620. The first kappa shape index (κ1) is 19.0. The molecule has 2 aromatic carbocycles. The predicted molar refractivity (Wildman–Crippen MR) is 120 cm³/mol. The highest BCUT2D eigenvalue weighted by Crippen LogP contribution is 2.28. The summed E-state index contributed by atoms with van der Waals surface area (Å²) in [7, 11) is 3.35. The second-order valence-electron chi connectivity index (χ2n) is 7.25. The molecule has 0 spiro atoms. The lowest BCUT2D eigenvalue weighted by Crippen LogP contribution is -2.30. The second-order valence-corrected chi connectivity index (χ2v) is 7.25. The van der Waals surface area contributed by atoms with E-state index in [1.807, 2.05) is 47.0 Å². The van der Waals surface area contributed by atoms with Crippen LogP contribution in [0.4, 0.5) is 5.82 Å². The largest absolute Gasteiger partial charge is 0.497 e. The van der Waals surface area contributed by atoms with Crippen molar-refractivity contribution in [2.45, 2.75) is 13.1 Å². The van der Waals surface area contributed by atoms with Crippen LogP contribution in [0.1, 0.15) is 16.8 Å². The number of methoxy groups -OCH3 is 2. The zero-order valence-electron chi connectivity index (χ0n) is 17.4. The average molecular weight is 414 g/mol. The Hall–Kier alpha value is -3.94. The normalized spacial score (nSPS) is 14.5.